The molecule has 1 aromatic heterocycles. The number of methoxy groups -OCH3 is 2. The quantitative estimate of drug-likeness (QED) is 0.353. The lowest BCUT2D eigenvalue weighted by atomic mass is 10.2. The molecule has 7 nitrogen and oxygen atoms in total. The first-order valence-electron chi connectivity index (χ1n) is 10.5. The van der Waals surface area contributed by atoms with E-state index in [0.717, 1.165) is 11.3 Å². The molecule has 0 saturated heterocycles. The zero-order valence-corrected chi connectivity index (χ0v) is 19.5. The standard InChI is InChI=1S/C25H23FN4O3S/c1-32-20-12-10-18(11-13-20)24(31)27-15-23-28-29-25(34-16-17-6-5-7-19(26)14-17)30(23)21-8-3-4-9-22(21)33-2/h3-14H,15-16H2,1-2H3,(H,27,31). The average Bonchev–Trinajstić information content (AvgIpc) is 3.28. The number of carbonyl (C=O) groups is 1. The summed E-state index contributed by atoms with van der Waals surface area (Å²) in [6, 6.07) is 20.8. The molecule has 0 bridgehead atoms. The van der Waals surface area contributed by atoms with Crippen molar-refractivity contribution in [1.82, 2.24) is 20.1 Å². The van der Waals surface area contributed by atoms with Crippen molar-refractivity contribution in [3.8, 4) is 17.2 Å². The van der Waals surface area contributed by atoms with E-state index in [9.17, 15) is 9.18 Å². The summed E-state index contributed by atoms with van der Waals surface area (Å²) in [6.07, 6.45) is 0. The summed E-state index contributed by atoms with van der Waals surface area (Å²) in [4.78, 5) is 12.7. The molecular weight excluding hydrogens is 455 g/mol. The van der Waals surface area contributed by atoms with Crippen LogP contribution in [-0.2, 0) is 12.3 Å². The fourth-order valence-electron chi connectivity index (χ4n) is 3.34. The smallest absolute Gasteiger partial charge is 0.251 e. The fourth-order valence-corrected chi connectivity index (χ4v) is 4.25. The van der Waals surface area contributed by atoms with E-state index < -0.39 is 0 Å². The largest absolute Gasteiger partial charge is 0.497 e. The van der Waals surface area contributed by atoms with Crippen LogP contribution in [0.3, 0.4) is 0 Å². The molecule has 1 N–H and O–H groups in total. The van der Waals surface area contributed by atoms with E-state index in [1.165, 1.54) is 23.9 Å². The van der Waals surface area contributed by atoms with E-state index in [4.69, 9.17) is 9.47 Å². The number of nitrogens with zero attached hydrogens (tertiary/aromatic N) is 3. The highest BCUT2D eigenvalue weighted by atomic mass is 32.2. The van der Waals surface area contributed by atoms with Gasteiger partial charge in [0.05, 0.1) is 26.5 Å². The molecule has 0 unspecified atom stereocenters. The van der Waals surface area contributed by atoms with Crippen LogP contribution in [0.5, 0.6) is 11.5 Å². The Hall–Kier alpha value is -3.85. The van der Waals surface area contributed by atoms with Gasteiger partial charge in [-0.2, -0.15) is 0 Å². The van der Waals surface area contributed by atoms with Crippen molar-refractivity contribution >= 4 is 17.7 Å². The maximum absolute atomic E-state index is 13.6. The second-order valence-corrected chi connectivity index (χ2v) is 8.18. The van der Waals surface area contributed by atoms with Crippen molar-refractivity contribution in [3.05, 3.63) is 95.6 Å². The van der Waals surface area contributed by atoms with Crippen LogP contribution in [-0.4, -0.2) is 34.9 Å². The second kappa shape index (κ2) is 10.8. The number of thioether (sulfide) groups is 1. The van der Waals surface area contributed by atoms with E-state index in [1.807, 2.05) is 34.9 Å². The van der Waals surface area contributed by atoms with E-state index in [0.29, 0.717) is 33.8 Å². The van der Waals surface area contributed by atoms with Crippen molar-refractivity contribution in [1.29, 1.82) is 0 Å². The Morgan fingerprint density at radius 3 is 2.53 bits per heavy atom. The molecule has 34 heavy (non-hydrogen) atoms. The van der Waals surface area contributed by atoms with Crippen molar-refractivity contribution in [3.63, 3.8) is 0 Å². The Balaban J connectivity index is 1.59. The van der Waals surface area contributed by atoms with Gasteiger partial charge in [0.1, 0.15) is 17.3 Å². The lowest BCUT2D eigenvalue weighted by Crippen LogP contribution is -2.24. The number of hydrogen-bond donors (Lipinski definition) is 1. The van der Waals surface area contributed by atoms with Crippen molar-refractivity contribution in [2.75, 3.05) is 14.2 Å². The predicted molar refractivity (Wildman–Crippen MR) is 128 cm³/mol. The van der Waals surface area contributed by atoms with Crippen LogP contribution in [0.25, 0.3) is 5.69 Å². The summed E-state index contributed by atoms with van der Waals surface area (Å²) >= 11 is 1.42. The Morgan fingerprint density at radius 1 is 1.00 bits per heavy atom. The van der Waals surface area contributed by atoms with Gasteiger partial charge in [-0.3, -0.25) is 9.36 Å². The fraction of sp³-hybridized carbons (Fsp3) is 0.160. The number of halogens is 1. The third kappa shape index (κ3) is 5.37. The molecule has 0 atom stereocenters. The van der Waals surface area contributed by atoms with Crippen LogP contribution in [0.4, 0.5) is 4.39 Å². The first kappa shape index (κ1) is 23.3. The Kier molecular flexibility index (Phi) is 7.44. The number of aromatic nitrogens is 3. The molecule has 4 rings (SSSR count). The molecule has 0 fully saturated rings. The molecule has 0 radical (unpaired) electrons. The van der Waals surface area contributed by atoms with Crippen molar-refractivity contribution < 1.29 is 18.7 Å². The number of hydrogen-bond acceptors (Lipinski definition) is 6. The normalized spacial score (nSPS) is 10.7. The Labute approximate surface area is 200 Å². The summed E-state index contributed by atoms with van der Waals surface area (Å²) in [7, 11) is 3.16. The summed E-state index contributed by atoms with van der Waals surface area (Å²) in [5, 5.41) is 12.1. The molecule has 0 spiro atoms. The van der Waals surface area contributed by atoms with Crippen LogP contribution in [0.1, 0.15) is 21.7 Å². The Bertz CT molecular complexity index is 1280. The molecule has 9 heteroatoms. The van der Waals surface area contributed by atoms with Crippen LogP contribution < -0.4 is 14.8 Å². The minimum Gasteiger partial charge on any atom is -0.497 e. The number of rotatable bonds is 9. The van der Waals surface area contributed by atoms with Crippen molar-refractivity contribution in [2.24, 2.45) is 0 Å². The summed E-state index contributed by atoms with van der Waals surface area (Å²) in [5.74, 6) is 1.82. The third-order valence-corrected chi connectivity index (χ3v) is 6.04. The minimum atomic E-state index is -0.286. The van der Waals surface area contributed by atoms with E-state index >= 15 is 0 Å². The topological polar surface area (TPSA) is 78.3 Å². The number of para-hydroxylation sites is 2. The van der Waals surface area contributed by atoms with Crippen molar-refractivity contribution in [2.45, 2.75) is 17.5 Å². The monoisotopic (exact) mass is 478 g/mol. The molecule has 3 aromatic carbocycles. The minimum absolute atomic E-state index is 0.149. The highest BCUT2D eigenvalue weighted by Crippen LogP contribution is 2.30. The van der Waals surface area contributed by atoms with Gasteiger partial charge >= 0.3 is 0 Å². The van der Waals surface area contributed by atoms with Gasteiger partial charge in [0.25, 0.3) is 5.91 Å². The molecule has 4 aromatic rings. The van der Waals surface area contributed by atoms with Gasteiger partial charge in [-0.05, 0) is 54.1 Å². The molecular formula is C25H23FN4O3S. The molecule has 0 saturated carbocycles. The van der Waals surface area contributed by atoms with Gasteiger partial charge in [0.15, 0.2) is 11.0 Å². The molecule has 1 amide bonds. The zero-order chi connectivity index (χ0) is 23.9. The summed E-state index contributed by atoms with van der Waals surface area (Å²) in [5.41, 5.74) is 2.07. The number of amides is 1. The first-order chi connectivity index (χ1) is 16.6. The van der Waals surface area contributed by atoms with Crippen LogP contribution >= 0.6 is 11.8 Å². The summed E-state index contributed by atoms with van der Waals surface area (Å²) in [6.45, 7) is 0.149. The maximum atomic E-state index is 13.6. The van der Waals surface area contributed by atoms with Gasteiger partial charge in [-0.25, -0.2) is 4.39 Å². The van der Waals surface area contributed by atoms with Gasteiger partial charge in [-0.1, -0.05) is 36.0 Å². The second-order valence-electron chi connectivity index (χ2n) is 7.24. The van der Waals surface area contributed by atoms with Gasteiger partial charge in [-0.15, -0.1) is 10.2 Å². The highest BCUT2D eigenvalue weighted by Gasteiger charge is 2.18. The highest BCUT2D eigenvalue weighted by molar-refractivity contribution is 7.98. The number of benzene rings is 3. The lowest BCUT2D eigenvalue weighted by Gasteiger charge is -2.14. The maximum Gasteiger partial charge on any atom is 0.251 e. The molecule has 1 heterocycles. The van der Waals surface area contributed by atoms with E-state index in [2.05, 4.69) is 15.5 Å². The van der Waals surface area contributed by atoms with Crippen LogP contribution in [0, 0.1) is 5.82 Å². The Morgan fingerprint density at radius 2 is 1.79 bits per heavy atom. The van der Waals surface area contributed by atoms with Gasteiger partial charge < -0.3 is 14.8 Å². The number of ether oxygens (including phenoxy) is 2. The van der Waals surface area contributed by atoms with Gasteiger partial charge in [0.2, 0.25) is 0 Å². The zero-order valence-electron chi connectivity index (χ0n) is 18.7. The van der Waals surface area contributed by atoms with E-state index in [1.54, 1.807) is 44.6 Å². The predicted octanol–water partition coefficient (Wildman–Crippen LogP) is 4.65. The first-order valence-corrected chi connectivity index (χ1v) is 11.4. The van der Waals surface area contributed by atoms with Crippen LogP contribution in [0.15, 0.2) is 78.0 Å². The molecule has 0 aliphatic heterocycles. The lowest BCUT2D eigenvalue weighted by molar-refractivity contribution is 0.0949. The molecule has 174 valence electrons. The summed E-state index contributed by atoms with van der Waals surface area (Å²) < 4.78 is 26.1. The van der Waals surface area contributed by atoms with E-state index in [-0.39, 0.29) is 18.3 Å². The van der Waals surface area contributed by atoms with Gasteiger partial charge in [0, 0.05) is 11.3 Å². The third-order valence-electron chi connectivity index (χ3n) is 5.04. The molecule has 0 aliphatic carbocycles. The molecule has 0 aliphatic rings. The SMILES string of the molecule is COc1ccc(C(=O)NCc2nnc(SCc3cccc(F)c3)n2-c2ccccc2OC)cc1. The average molecular weight is 479 g/mol. The van der Waals surface area contributed by atoms with Crippen LogP contribution in [0.2, 0.25) is 0 Å². The number of carbonyl (C=O) groups excluding carboxylic acids is 1. The number of nitrogens with one attached hydrogen (secondary N) is 1.